The minimum atomic E-state index is 0. The van der Waals surface area contributed by atoms with Crippen molar-refractivity contribution >= 4 is 24.1 Å². The van der Waals surface area contributed by atoms with Crippen molar-refractivity contribution in [3.05, 3.63) is 29.8 Å². The van der Waals surface area contributed by atoms with Gasteiger partial charge in [0.1, 0.15) is 5.75 Å². The molecule has 1 amide bonds. The summed E-state index contributed by atoms with van der Waals surface area (Å²) in [6, 6.07) is 7.21. The smallest absolute Gasteiger partial charge is 0.222 e. The first kappa shape index (κ1) is 21.5. The fourth-order valence-electron chi connectivity index (χ4n) is 3.15. The van der Waals surface area contributed by atoms with Gasteiger partial charge in [0.2, 0.25) is 5.91 Å². The van der Waals surface area contributed by atoms with Crippen LogP contribution in [0.15, 0.2) is 24.3 Å². The van der Waals surface area contributed by atoms with E-state index in [1.165, 1.54) is 0 Å². The van der Waals surface area contributed by atoms with Gasteiger partial charge in [0.15, 0.2) is 5.78 Å². The lowest BCUT2D eigenvalue weighted by Crippen LogP contribution is -2.45. The molecule has 1 aromatic carbocycles. The van der Waals surface area contributed by atoms with Crippen LogP contribution in [0.1, 0.15) is 49.4 Å². The lowest BCUT2D eigenvalue weighted by molar-refractivity contribution is -0.133. The van der Waals surface area contributed by atoms with Crippen molar-refractivity contribution in [3.63, 3.8) is 0 Å². The first-order chi connectivity index (χ1) is 11.5. The summed E-state index contributed by atoms with van der Waals surface area (Å²) in [5.41, 5.74) is 6.63. The van der Waals surface area contributed by atoms with Crippen LogP contribution in [0.25, 0.3) is 0 Å². The van der Waals surface area contributed by atoms with Gasteiger partial charge in [-0.25, -0.2) is 0 Å². The predicted molar refractivity (Wildman–Crippen MR) is 101 cm³/mol. The number of amides is 1. The maximum absolute atomic E-state index is 12.3. The largest absolute Gasteiger partial charge is 0.497 e. The molecular formula is C19H29ClN2O3. The molecule has 1 aliphatic heterocycles. The fraction of sp³-hybridized carbons (Fsp3) is 0.579. The number of nitrogens with two attached hydrogens (primary N) is 1. The zero-order valence-electron chi connectivity index (χ0n) is 15.1. The van der Waals surface area contributed by atoms with Crippen LogP contribution in [-0.2, 0) is 4.79 Å². The van der Waals surface area contributed by atoms with E-state index in [0.717, 1.165) is 31.7 Å². The average Bonchev–Trinajstić information content (AvgIpc) is 2.61. The van der Waals surface area contributed by atoms with Gasteiger partial charge in [-0.05, 0) is 56.4 Å². The summed E-state index contributed by atoms with van der Waals surface area (Å²) < 4.78 is 5.08. The highest BCUT2D eigenvalue weighted by molar-refractivity contribution is 5.96. The molecule has 5 nitrogen and oxygen atoms in total. The number of likely N-dealkylation sites (tertiary alicyclic amines) is 1. The van der Waals surface area contributed by atoms with Crippen LogP contribution in [0, 0.1) is 5.92 Å². The Labute approximate surface area is 156 Å². The summed E-state index contributed by atoms with van der Waals surface area (Å²) in [4.78, 5) is 26.4. The Morgan fingerprint density at radius 2 is 1.96 bits per heavy atom. The normalized spacial score (nSPS) is 18.2. The zero-order chi connectivity index (χ0) is 17.5. The van der Waals surface area contributed by atoms with Crippen molar-refractivity contribution in [2.24, 2.45) is 11.7 Å². The van der Waals surface area contributed by atoms with Crippen LogP contribution in [-0.4, -0.2) is 42.8 Å². The highest BCUT2D eigenvalue weighted by atomic mass is 35.5. The number of Topliss-reactive ketones (excluding diaryl/α,β-unsaturated/α-hetero) is 1. The number of rotatable bonds is 7. The zero-order valence-corrected chi connectivity index (χ0v) is 15.9. The van der Waals surface area contributed by atoms with E-state index < -0.39 is 0 Å². The molecule has 1 heterocycles. The molecule has 6 heteroatoms. The number of hydrogen-bond donors (Lipinski definition) is 1. The van der Waals surface area contributed by atoms with E-state index in [2.05, 4.69) is 0 Å². The van der Waals surface area contributed by atoms with E-state index in [0.29, 0.717) is 30.7 Å². The Morgan fingerprint density at radius 3 is 2.56 bits per heavy atom. The molecule has 0 radical (unpaired) electrons. The third-order valence-electron chi connectivity index (χ3n) is 4.76. The molecule has 2 atom stereocenters. The standard InChI is InChI=1S/C19H28N2O3.ClH/c1-14(20)16-5-4-12-21(13-16)19(23)7-3-6-18(22)15-8-10-17(24-2)11-9-15;/h8-11,14,16H,3-7,12-13,20H2,1-2H3;1H. The molecule has 1 aliphatic rings. The van der Waals surface area contributed by atoms with E-state index in [9.17, 15) is 9.59 Å². The van der Waals surface area contributed by atoms with Crippen LogP contribution in [0.2, 0.25) is 0 Å². The summed E-state index contributed by atoms with van der Waals surface area (Å²) in [5, 5.41) is 0. The molecular weight excluding hydrogens is 340 g/mol. The number of piperidine rings is 1. The van der Waals surface area contributed by atoms with Gasteiger partial charge in [-0.2, -0.15) is 0 Å². The SMILES string of the molecule is COc1ccc(C(=O)CCCC(=O)N2CCCC(C(C)N)C2)cc1.Cl. The maximum atomic E-state index is 12.3. The van der Waals surface area contributed by atoms with Crippen molar-refractivity contribution < 1.29 is 14.3 Å². The molecule has 1 fully saturated rings. The number of ether oxygens (including phenoxy) is 1. The Hall–Kier alpha value is -1.59. The second kappa shape index (κ2) is 10.4. The van der Waals surface area contributed by atoms with Gasteiger partial charge < -0.3 is 15.4 Å². The van der Waals surface area contributed by atoms with E-state index in [4.69, 9.17) is 10.5 Å². The van der Waals surface area contributed by atoms with Gasteiger partial charge in [0.25, 0.3) is 0 Å². The second-order valence-corrected chi connectivity index (χ2v) is 6.61. The summed E-state index contributed by atoms with van der Waals surface area (Å²) >= 11 is 0. The monoisotopic (exact) mass is 368 g/mol. The number of halogens is 1. The molecule has 0 spiro atoms. The molecule has 1 saturated heterocycles. The molecule has 140 valence electrons. The first-order valence-electron chi connectivity index (χ1n) is 8.72. The van der Waals surface area contributed by atoms with Gasteiger partial charge >= 0.3 is 0 Å². The number of hydrogen-bond acceptors (Lipinski definition) is 4. The summed E-state index contributed by atoms with van der Waals surface area (Å²) in [6.07, 6.45) is 3.51. The topological polar surface area (TPSA) is 72.6 Å². The number of methoxy groups -OCH3 is 1. The quantitative estimate of drug-likeness (QED) is 0.751. The van der Waals surface area contributed by atoms with Crippen molar-refractivity contribution in [1.82, 2.24) is 4.90 Å². The molecule has 2 unspecified atom stereocenters. The van der Waals surface area contributed by atoms with Crippen LogP contribution in [0.3, 0.4) is 0 Å². The van der Waals surface area contributed by atoms with Crippen molar-refractivity contribution in [2.75, 3.05) is 20.2 Å². The van der Waals surface area contributed by atoms with Gasteiger partial charge in [-0.1, -0.05) is 0 Å². The van der Waals surface area contributed by atoms with E-state index in [1.807, 2.05) is 11.8 Å². The van der Waals surface area contributed by atoms with Gasteiger partial charge in [0.05, 0.1) is 7.11 Å². The third-order valence-corrected chi connectivity index (χ3v) is 4.76. The Morgan fingerprint density at radius 1 is 1.28 bits per heavy atom. The Balaban J connectivity index is 0.00000312. The third kappa shape index (κ3) is 6.33. The summed E-state index contributed by atoms with van der Waals surface area (Å²) in [6.45, 7) is 3.57. The molecule has 1 aromatic rings. The molecule has 0 aromatic heterocycles. The van der Waals surface area contributed by atoms with Crippen molar-refractivity contribution in [2.45, 2.75) is 45.1 Å². The molecule has 0 bridgehead atoms. The predicted octanol–water partition coefficient (Wildman–Crippen LogP) is 3.06. The Bertz CT molecular complexity index is 560. The van der Waals surface area contributed by atoms with E-state index in [1.54, 1.807) is 31.4 Å². The first-order valence-corrected chi connectivity index (χ1v) is 8.72. The molecule has 0 saturated carbocycles. The molecule has 2 rings (SSSR count). The minimum Gasteiger partial charge on any atom is -0.497 e. The van der Waals surface area contributed by atoms with Crippen LogP contribution >= 0.6 is 12.4 Å². The van der Waals surface area contributed by atoms with Gasteiger partial charge in [-0.3, -0.25) is 9.59 Å². The lowest BCUT2D eigenvalue weighted by atomic mass is 9.92. The van der Waals surface area contributed by atoms with Crippen LogP contribution < -0.4 is 10.5 Å². The molecule has 0 aliphatic carbocycles. The van der Waals surface area contributed by atoms with Crippen molar-refractivity contribution in [1.29, 1.82) is 0 Å². The van der Waals surface area contributed by atoms with Crippen molar-refractivity contribution in [3.8, 4) is 5.75 Å². The Kier molecular flexibility index (Phi) is 8.93. The van der Waals surface area contributed by atoms with E-state index >= 15 is 0 Å². The average molecular weight is 369 g/mol. The molecule has 25 heavy (non-hydrogen) atoms. The van der Waals surface area contributed by atoms with Crippen LogP contribution in [0.5, 0.6) is 5.75 Å². The minimum absolute atomic E-state index is 0. The van der Waals surface area contributed by atoms with E-state index in [-0.39, 0.29) is 30.1 Å². The fourth-order valence-corrected chi connectivity index (χ4v) is 3.15. The number of nitrogens with zero attached hydrogens (tertiary/aromatic N) is 1. The molecule has 2 N–H and O–H groups in total. The number of carbonyl (C=O) groups is 2. The number of ketones is 1. The maximum Gasteiger partial charge on any atom is 0.222 e. The number of benzene rings is 1. The lowest BCUT2D eigenvalue weighted by Gasteiger charge is -2.34. The summed E-state index contributed by atoms with van der Waals surface area (Å²) in [5.74, 6) is 1.33. The number of carbonyl (C=O) groups excluding carboxylic acids is 2. The van der Waals surface area contributed by atoms with Crippen LogP contribution in [0.4, 0.5) is 0 Å². The van der Waals surface area contributed by atoms with Gasteiger partial charge in [-0.15, -0.1) is 12.4 Å². The highest BCUT2D eigenvalue weighted by Gasteiger charge is 2.25. The van der Waals surface area contributed by atoms with Gasteiger partial charge in [0, 0.05) is 37.5 Å². The second-order valence-electron chi connectivity index (χ2n) is 6.61. The summed E-state index contributed by atoms with van der Waals surface area (Å²) in [7, 11) is 1.60. The highest BCUT2D eigenvalue weighted by Crippen LogP contribution is 2.20.